The molecule has 27 heavy (non-hydrogen) atoms. The van der Waals surface area contributed by atoms with Gasteiger partial charge in [0.1, 0.15) is 0 Å². The van der Waals surface area contributed by atoms with E-state index >= 15 is 0 Å². The molecule has 1 aliphatic heterocycles. The van der Waals surface area contributed by atoms with Crippen LogP contribution in [-0.4, -0.2) is 53.1 Å². The number of hydrogen-bond donors (Lipinski definition) is 1. The number of urea groups is 1. The lowest BCUT2D eigenvalue weighted by atomic mass is 10.1. The van der Waals surface area contributed by atoms with E-state index in [0.717, 1.165) is 17.3 Å². The predicted octanol–water partition coefficient (Wildman–Crippen LogP) is 2.90. The van der Waals surface area contributed by atoms with Gasteiger partial charge in [0.05, 0.1) is 11.7 Å². The van der Waals surface area contributed by atoms with Gasteiger partial charge < -0.3 is 19.6 Å². The van der Waals surface area contributed by atoms with Gasteiger partial charge in [0.25, 0.3) is 5.91 Å². The zero-order valence-electron chi connectivity index (χ0n) is 15.1. The first-order chi connectivity index (χ1) is 13.0. The van der Waals surface area contributed by atoms with E-state index in [2.05, 4.69) is 38.5 Å². The third kappa shape index (κ3) is 3.71. The monoisotopic (exact) mass is 432 g/mol. The maximum Gasteiger partial charge on any atom is 0.318 e. The fourth-order valence-corrected chi connectivity index (χ4v) is 4.12. The number of carbonyl (C=O) groups excluding carboxylic acids is 2. The van der Waals surface area contributed by atoms with Gasteiger partial charge in [-0.1, -0.05) is 27.2 Å². The van der Waals surface area contributed by atoms with E-state index in [4.69, 9.17) is 4.52 Å². The Morgan fingerprint density at radius 2 is 1.93 bits per heavy atom. The van der Waals surface area contributed by atoms with Crippen molar-refractivity contribution in [3.63, 3.8) is 0 Å². The summed E-state index contributed by atoms with van der Waals surface area (Å²) in [6.07, 6.45) is 1.89. The lowest BCUT2D eigenvalue weighted by Gasteiger charge is -2.34. The summed E-state index contributed by atoms with van der Waals surface area (Å²) >= 11 is 3.50. The van der Waals surface area contributed by atoms with Crippen molar-refractivity contribution in [1.82, 2.24) is 20.3 Å². The van der Waals surface area contributed by atoms with Crippen LogP contribution < -0.4 is 5.32 Å². The summed E-state index contributed by atoms with van der Waals surface area (Å²) in [5, 5.41) is 6.90. The van der Waals surface area contributed by atoms with Gasteiger partial charge in [-0.15, -0.1) is 0 Å². The zero-order chi connectivity index (χ0) is 19.0. The molecule has 1 unspecified atom stereocenters. The molecular weight excluding hydrogens is 412 g/mol. The van der Waals surface area contributed by atoms with Crippen LogP contribution in [0.1, 0.15) is 39.8 Å². The average molecular weight is 433 g/mol. The number of aryl methyl sites for hydroxylation is 2. The van der Waals surface area contributed by atoms with Gasteiger partial charge in [0, 0.05) is 36.7 Å². The molecule has 1 aliphatic carbocycles. The number of piperazine rings is 1. The van der Waals surface area contributed by atoms with E-state index in [-0.39, 0.29) is 23.7 Å². The Balaban J connectivity index is 1.32. The fraction of sp³-hybridized carbons (Fsp3) is 0.421. The Labute approximate surface area is 165 Å². The Morgan fingerprint density at radius 3 is 2.63 bits per heavy atom. The number of nitrogens with zero attached hydrogens (tertiary/aromatic N) is 3. The van der Waals surface area contributed by atoms with Crippen molar-refractivity contribution in [2.24, 2.45) is 0 Å². The van der Waals surface area contributed by atoms with Gasteiger partial charge in [0.15, 0.2) is 0 Å². The lowest BCUT2D eigenvalue weighted by molar-refractivity contribution is 0.0623. The molecule has 142 valence electrons. The highest BCUT2D eigenvalue weighted by molar-refractivity contribution is 9.10. The van der Waals surface area contributed by atoms with E-state index in [1.165, 1.54) is 11.1 Å². The Bertz CT molecular complexity index is 874. The molecule has 3 amide bonds. The molecular formula is C19H21BrN4O3. The van der Waals surface area contributed by atoms with Gasteiger partial charge in [-0.3, -0.25) is 4.79 Å². The number of nitrogens with one attached hydrogen (secondary N) is 1. The van der Waals surface area contributed by atoms with Crippen molar-refractivity contribution >= 4 is 27.9 Å². The smallest absolute Gasteiger partial charge is 0.318 e. The molecule has 7 nitrogen and oxygen atoms in total. The predicted molar refractivity (Wildman–Crippen MR) is 102 cm³/mol. The van der Waals surface area contributed by atoms with Crippen molar-refractivity contribution in [3.05, 3.63) is 51.3 Å². The van der Waals surface area contributed by atoms with E-state index in [1.54, 1.807) is 22.8 Å². The highest BCUT2D eigenvalue weighted by Crippen LogP contribution is 2.33. The largest absolute Gasteiger partial charge is 0.351 e. The van der Waals surface area contributed by atoms with Crippen LogP contribution >= 0.6 is 15.9 Å². The van der Waals surface area contributed by atoms with Crippen molar-refractivity contribution in [2.45, 2.75) is 25.8 Å². The van der Waals surface area contributed by atoms with E-state index < -0.39 is 0 Å². The number of carbonyl (C=O) groups is 2. The van der Waals surface area contributed by atoms with Crippen LogP contribution in [0, 0.1) is 6.92 Å². The van der Waals surface area contributed by atoms with Crippen LogP contribution in [0.4, 0.5) is 4.79 Å². The summed E-state index contributed by atoms with van der Waals surface area (Å²) in [6.45, 7) is 3.76. The van der Waals surface area contributed by atoms with Crippen LogP contribution in [0.25, 0.3) is 0 Å². The summed E-state index contributed by atoms with van der Waals surface area (Å²) < 4.78 is 6.11. The Morgan fingerprint density at radius 1 is 1.19 bits per heavy atom. The second kappa shape index (κ2) is 7.34. The highest BCUT2D eigenvalue weighted by Gasteiger charge is 2.29. The minimum Gasteiger partial charge on any atom is -0.351 e. The van der Waals surface area contributed by atoms with Gasteiger partial charge in [-0.05, 0) is 43.0 Å². The minimum atomic E-state index is -0.175. The number of halogens is 1. The minimum absolute atomic E-state index is 0.0532. The zero-order valence-corrected chi connectivity index (χ0v) is 16.7. The second-order valence-corrected chi connectivity index (χ2v) is 7.91. The Kier molecular flexibility index (Phi) is 4.90. The van der Waals surface area contributed by atoms with Gasteiger partial charge >= 0.3 is 6.03 Å². The molecule has 1 saturated heterocycles. The summed E-state index contributed by atoms with van der Waals surface area (Å²) in [5.41, 5.74) is 3.16. The first-order valence-electron chi connectivity index (χ1n) is 9.07. The van der Waals surface area contributed by atoms with Crippen LogP contribution in [0.15, 0.2) is 33.3 Å². The van der Waals surface area contributed by atoms with E-state index in [1.807, 2.05) is 6.07 Å². The van der Waals surface area contributed by atoms with Crippen molar-refractivity contribution in [1.29, 1.82) is 0 Å². The molecule has 0 spiro atoms. The van der Waals surface area contributed by atoms with Crippen LogP contribution in [0.3, 0.4) is 0 Å². The van der Waals surface area contributed by atoms with Crippen molar-refractivity contribution in [2.75, 3.05) is 26.2 Å². The molecule has 0 bridgehead atoms. The number of amides is 3. The Hall–Kier alpha value is -2.35. The molecule has 1 aromatic carbocycles. The number of rotatable bonds is 2. The standard InChI is InChI=1S/C19H21BrN4O3/c1-12-10-17(27-22-12)18(25)23-6-8-24(9-7-23)19(26)21-16-5-2-13-11-14(20)3-4-15(13)16/h3-4,10-11,16H,2,5-9H2,1H3,(H,21,26). The first-order valence-corrected chi connectivity index (χ1v) is 9.87. The molecule has 2 aliphatic rings. The number of hydrogen-bond acceptors (Lipinski definition) is 4. The third-order valence-corrected chi connectivity index (χ3v) is 5.67. The second-order valence-electron chi connectivity index (χ2n) is 7.00. The maximum absolute atomic E-state index is 12.7. The van der Waals surface area contributed by atoms with Gasteiger partial charge in [-0.25, -0.2) is 4.79 Å². The topological polar surface area (TPSA) is 78.7 Å². The van der Waals surface area contributed by atoms with Gasteiger partial charge in [0.2, 0.25) is 5.76 Å². The van der Waals surface area contributed by atoms with E-state index in [0.29, 0.717) is 31.9 Å². The molecule has 2 heterocycles. The molecule has 8 heteroatoms. The summed E-state index contributed by atoms with van der Waals surface area (Å²) in [6, 6.07) is 7.83. The number of fused-ring (bicyclic) bond motifs is 1. The lowest BCUT2D eigenvalue weighted by Crippen LogP contribution is -2.53. The van der Waals surface area contributed by atoms with Crippen LogP contribution in [-0.2, 0) is 6.42 Å². The normalized spacial score (nSPS) is 19.1. The molecule has 0 saturated carbocycles. The molecule has 0 radical (unpaired) electrons. The van der Waals surface area contributed by atoms with E-state index in [9.17, 15) is 9.59 Å². The first kappa shape index (κ1) is 18.0. The number of benzene rings is 1. The molecule has 1 N–H and O–H groups in total. The third-order valence-electron chi connectivity index (χ3n) is 5.17. The molecule has 2 aromatic rings. The maximum atomic E-state index is 12.7. The summed E-state index contributed by atoms with van der Waals surface area (Å²) in [7, 11) is 0. The average Bonchev–Trinajstić information content (AvgIpc) is 3.27. The fourth-order valence-electron chi connectivity index (χ4n) is 3.71. The van der Waals surface area contributed by atoms with Crippen LogP contribution in [0.2, 0.25) is 0 Å². The molecule has 1 fully saturated rings. The van der Waals surface area contributed by atoms with Crippen molar-refractivity contribution < 1.29 is 14.1 Å². The highest BCUT2D eigenvalue weighted by atomic mass is 79.9. The molecule has 1 atom stereocenters. The molecule has 4 rings (SSSR count). The summed E-state index contributed by atoms with van der Waals surface area (Å²) in [4.78, 5) is 28.5. The van der Waals surface area contributed by atoms with Crippen molar-refractivity contribution in [3.8, 4) is 0 Å². The van der Waals surface area contributed by atoms with Gasteiger partial charge in [-0.2, -0.15) is 0 Å². The summed E-state index contributed by atoms with van der Waals surface area (Å²) in [5.74, 6) is 0.0741. The molecule has 1 aromatic heterocycles. The SMILES string of the molecule is Cc1cc(C(=O)N2CCN(C(=O)NC3CCc4cc(Br)ccc43)CC2)on1. The quantitative estimate of drug-likeness (QED) is 0.790. The van der Waals surface area contributed by atoms with Crippen LogP contribution in [0.5, 0.6) is 0 Å². The number of aromatic nitrogens is 1.